The molecule has 1 aliphatic rings. The number of halogens is 2. The summed E-state index contributed by atoms with van der Waals surface area (Å²) in [7, 11) is 0. The highest BCUT2D eigenvalue weighted by Crippen LogP contribution is 2.23. The molecule has 0 aromatic heterocycles. The van der Waals surface area contributed by atoms with Crippen LogP contribution in [0.3, 0.4) is 0 Å². The van der Waals surface area contributed by atoms with Crippen LogP contribution in [0.2, 0.25) is 0 Å². The van der Waals surface area contributed by atoms with Gasteiger partial charge in [-0.1, -0.05) is 24.3 Å². The van der Waals surface area contributed by atoms with Crippen LogP contribution < -0.4 is 5.73 Å². The zero-order chi connectivity index (χ0) is 13.4. The minimum Gasteiger partial charge on any atom is -0.383 e. The van der Waals surface area contributed by atoms with Crippen LogP contribution in [0.1, 0.15) is 11.1 Å². The fourth-order valence-electron chi connectivity index (χ4n) is 1.91. The predicted molar refractivity (Wildman–Crippen MR) is 69.7 cm³/mol. The first-order chi connectivity index (χ1) is 9.15. The summed E-state index contributed by atoms with van der Waals surface area (Å²) in [6.45, 7) is 0. The van der Waals surface area contributed by atoms with E-state index in [1.807, 2.05) is 18.2 Å². The highest BCUT2D eigenvalue weighted by molar-refractivity contribution is 6.22. The largest absolute Gasteiger partial charge is 0.383 e. The molecule has 5 heteroatoms. The van der Waals surface area contributed by atoms with Crippen molar-refractivity contribution in [2.75, 3.05) is 0 Å². The van der Waals surface area contributed by atoms with Gasteiger partial charge in [-0.3, -0.25) is 0 Å². The van der Waals surface area contributed by atoms with E-state index in [1.165, 1.54) is 6.07 Å². The number of nitrogens with two attached hydrogens (primary N) is 1. The van der Waals surface area contributed by atoms with Crippen LogP contribution in [0.25, 0.3) is 0 Å². The van der Waals surface area contributed by atoms with E-state index in [2.05, 4.69) is 9.98 Å². The number of nitrogens with zero attached hydrogens (tertiary/aromatic N) is 2. The van der Waals surface area contributed by atoms with Crippen LogP contribution in [0.15, 0.2) is 52.4 Å². The number of amidine groups is 2. The van der Waals surface area contributed by atoms with Gasteiger partial charge in [-0.05, 0) is 12.1 Å². The average Bonchev–Trinajstić information content (AvgIpc) is 2.71. The van der Waals surface area contributed by atoms with Gasteiger partial charge in [-0.25, -0.2) is 18.8 Å². The van der Waals surface area contributed by atoms with Gasteiger partial charge < -0.3 is 5.73 Å². The molecule has 0 bridgehead atoms. The van der Waals surface area contributed by atoms with E-state index in [-0.39, 0.29) is 5.69 Å². The van der Waals surface area contributed by atoms with Gasteiger partial charge in [0, 0.05) is 17.2 Å². The lowest BCUT2D eigenvalue weighted by atomic mass is 10.1. The third-order valence-electron chi connectivity index (χ3n) is 2.81. The summed E-state index contributed by atoms with van der Waals surface area (Å²) < 4.78 is 26.4. The maximum Gasteiger partial charge on any atom is 0.162 e. The summed E-state index contributed by atoms with van der Waals surface area (Å²) in [5.74, 6) is -0.697. The molecule has 0 radical (unpaired) electrons. The molecule has 3 rings (SSSR count). The van der Waals surface area contributed by atoms with Crippen molar-refractivity contribution in [3.8, 4) is 0 Å². The minimum absolute atomic E-state index is 0.0321. The first kappa shape index (κ1) is 11.5. The zero-order valence-corrected chi connectivity index (χ0v) is 9.77. The summed E-state index contributed by atoms with van der Waals surface area (Å²) in [6.07, 6.45) is 0. The molecule has 0 unspecified atom stereocenters. The second-order valence-corrected chi connectivity index (χ2v) is 4.07. The lowest BCUT2D eigenvalue weighted by Gasteiger charge is -2.00. The lowest BCUT2D eigenvalue weighted by molar-refractivity contribution is 0.585. The molecule has 0 fully saturated rings. The number of hydrogen-bond acceptors (Lipinski definition) is 2. The molecule has 1 heterocycles. The topological polar surface area (TPSA) is 50.7 Å². The summed E-state index contributed by atoms with van der Waals surface area (Å²) >= 11 is 0. The van der Waals surface area contributed by atoms with E-state index in [1.54, 1.807) is 6.07 Å². The molecule has 0 aliphatic carbocycles. The number of benzene rings is 2. The van der Waals surface area contributed by atoms with Crippen molar-refractivity contribution in [1.29, 1.82) is 0 Å². The molecule has 19 heavy (non-hydrogen) atoms. The van der Waals surface area contributed by atoms with Crippen molar-refractivity contribution < 1.29 is 8.78 Å². The van der Waals surface area contributed by atoms with E-state index in [9.17, 15) is 8.78 Å². The van der Waals surface area contributed by atoms with Crippen LogP contribution >= 0.6 is 0 Å². The molecule has 1 aliphatic heterocycles. The van der Waals surface area contributed by atoms with Gasteiger partial charge in [0.2, 0.25) is 0 Å². The second kappa shape index (κ2) is 4.28. The minimum atomic E-state index is -0.731. The van der Waals surface area contributed by atoms with Crippen LogP contribution in [0, 0.1) is 11.6 Å². The van der Waals surface area contributed by atoms with E-state index in [0.29, 0.717) is 11.7 Å². The van der Waals surface area contributed by atoms with Crippen molar-refractivity contribution in [3.05, 3.63) is 65.2 Å². The fourth-order valence-corrected chi connectivity index (χ4v) is 1.91. The molecule has 0 saturated heterocycles. The third-order valence-corrected chi connectivity index (χ3v) is 2.81. The number of fused-ring (bicyclic) bond motifs is 1. The molecule has 2 aromatic carbocycles. The van der Waals surface area contributed by atoms with Gasteiger partial charge >= 0.3 is 0 Å². The van der Waals surface area contributed by atoms with E-state index < -0.39 is 11.6 Å². The van der Waals surface area contributed by atoms with E-state index in [0.717, 1.165) is 23.3 Å². The lowest BCUT2D eigenvalue weighted by Crippen LogP contribution is -2.09. The Morgan fingerprint density at radius 1 is 1.00 bits per heavy atom. The van der Waals surface area contributed by atoms with Gasteiger partial charge in [-0.2, -0.15) is 0 Å². The van der Waals surface area contributed by atoms with Gasteiger partial charge in [0.05, 0.1) is 0 Å². The molecule has 2 N–H and O–H groups in total. The SMILES string of the molecule is NC1=NC(=Nc2ccc(F)cc2F)c2ccccc21. The van der Waals surface area contributed by atoms with Gasteiger partial charge in [0.1, 0.15) is 17.3 Å². The first-order valence-corrected chi connectivity index (χ1v) is 5.63. The van der Waals surface area contributed by atoms with Gasteiger partial charge in [0.15, 0.2) is 11.7 Å². The van der Waals surface area contributed by atoms with Crippen molar-refractivity contribution >= 4 is 17.4 Å². The van der Waals surface area contributed by atoms with Crippen molar-refractivity contribution in [2.24, 2.45) is 15.7 Å². The summed E-state index contributed by atoms with van der Waals surface area (Å²) in [5.41, 5.74) is 7.31. The third kappa shape index (κ3) is 1.99. The molecule has 0 spiro atoms. The normalized spacial score (nSPS) is 15.5. The molecular weight excluding hydrogens is 248 g/mol. The first-order valence-electron chi connectivity index (χ1n) is 5.63. The monoisotopic (exact) mass is 257 g/mol. The van der Waals surface area contributed by atoms with Crippen molar-refractivity contribution in [2.45, 2.75) is 0 Å². The molecule has 0 saturated carbocycles. The summed E-state index contributed by atoms with van der Waals surface area (Å²) in [6, 6.07) is 10.5. The van der Waals surface area contributed by atoms with Gasteiger partial charge in [0.25, 0.3) is 0 Å². The van der Waals surface area contributed by atoms with Crippen LogP contribution in [-0.2, 0) is 0 Å². The van der Waals surface area contributed by atoms with E-state index in [4.69, 9.17) is 5.73 Å². The molecule has 94 valence electrons. The molecule has 3 nitrogen and oxygen atoms in total. The van der Waals surface area contributed by atoms with Crippen LogP contribution in [0.5, 0.6) is 0 Å². The Bertz CT molecular complexity index is 720. The molecular formula is C14H9F2N3. The Balaban J connectivity index is 2.11. The Morgan fingerprint density at radius 3 is 2.47 bits per heavy atom. The molecule has 0 amide bonds. The Morgan fingerprint density at radius 2 is 1.74 bits per heavy atom. The quantitative estimate of drug-likeness (QED) is 0.839. The number of hydrogen-bond donors (Lipinski definition) is 1. The standard InChI is InChI=1S/C14H9F2N3/c15-8-5-6-12(11(16)7-8)18-14-10-4-2-1-3-9(10)13(17)19-14/h1-7H,(H2,17,18,19). The van der Waals surface area contributed by atoms with Crippen molar-refractivity contribution in [1.82, 2.24) is 0 Å². The fraction of sp³-hybridized carbons (Fsp3) is 0. The maximum atomic E-state index is 13.6. The number of aliphatic imine (C=N–C) groups is 2. The van der Waals surface area contributed by atoms with E-state index >= 15 is 0 Å². The highest BCUT2D eigenvalue weighted by Gasteiger charge is 2.19. The van der Waals surface area contributed by atoms with Crippen LogP contribution in [-0.4, -0.2) is 11.7 Å². The highest BCUT2D eigenvalue weighted by atomic mass is 19.1. The smallest absolute Gasteiger partial charge is 0.162 e. The Labute approximate surface area is 108 Å². The summed E-state index contributed by atoms with van der Waals surface area (Å²) in [5, 5.41) is 0. The Kier molecular flexibility index (Phi) is 2.59. The Hall–Kier alpha value is -2.56. The maximum absolute atomic E-state index is 13.6. The molecule has 2 aromatic rings. The van der Waals surface area contributed by atoms with Crippen molar-refractivity contribution in [3.63, 3.8) is 0 Å². The van der Waals surface area contributed by atoms with Gasteiger partial charge in [-0.15, -0.1) is 0 Å². The molecule has 0 atom stereocenters. The second-order valence-electron chi connectivity index (χ2n) is 4.07. The average molecular weight is 257 g/mol. The zero-order valence-electron chi connectivity index (χ0n) is 9.77. The predicted octanol–water partition coefficient (Wildman–Crippen LogP) is 2.76. The summed E-state index contributed by atoms with van der Waals surface area (Å²) in [4.78, 5) is 8.20. The van der Waals surface area contributed by atoms with Crippen LogP contribution in [0.4, 0.5) is 14.5 Å². The number of rotatable bonds is 1.